The van der Waals surface area contributed by atoms with Crippen LogP contribution < -0.4 is 5.32 Å². The molecule has 1 rings (SSSR count). The third kappa shape index (κ3) is 5.86. The fourth-order valence-electron chi connectivity index (χ4n) is 2.37. The molecule has 96 valence electrons. The first kappa shape index (κ1) is 14.0. The van der Waals surface area contributed by atoms with Crippen molar-refractivity contribution in [1.82, 2.24) is 5.32 Å². The van der Waals surface area contributed by atoms with Crippen LogP contribution in [0.2, 0.25) is 0 Å². The van der Waals surface area contributed by atoms with Crippen LogP contribution in [0.3, 0.4) is 0 Å². The van der Waals surface area contributed by atoms with Gasteiger partial charge in [0.25, 0.3) is 0 Å². The summed E-state index contributed by atoms with van der Waals surface area (Å²) >= 11 is 0. The van der Waals surface area contributed by atoms with Crippen LogP contribution in [0.15, 0.2) is 0 Å². The Kier molecular flexibility index (Phi) is 6.37. The van der Waals surface area contributed by atoms with Gasteiger partial charge in [0.05, 0.1) is 0 Å². The van der Waals surface area contributed by atoms with Crippen LogP contribution in [0.4, 0.5) is 0 Å². The first-order valence-corrected chi connectivity index (χ1v) is 6.86. The lowest BCUT2D eigenvalue weighted by Gasteiger charge is -2.28. The summed E-state index contributed by atoms with van der Waals surface area (Å²) in [6, 6.07) is 0.768. The number of rotatable bonds is 6. The highest BCUT2D eigenvalue weighted by atomic mass is 16.5. The van der Waals surface area contributed by atoms with Gasteiger partial charge in [-0.05, 0) is 24.7 Å². The molecule has 0 heterocycles. The van der Waals surface area contributed by atoms with E-state index in [1.54, 1.807) is 7.11 Å². The van der Waals surface area contributed by atoms with Gasteiger partial charge in [-0.25, -0.2) is 0 Å². The number of methoxy groups -OCH3 is 1. The summed E-state index contributed by atoms with van der Waals surface area (Å²) in [4.78, 5) is 0. The molecule has 0 atom stereocenters. The monoisotopic (exact) mass is 227 g/mol. The summed E-state index contributed by atoms with van der Waals surface area (Å²) in [6.07, 6.45) is 9.59. The second kappa shape index (κ2) is 7.29. The highest BCUT2D eigenvalue weighted by Gasteiger charge is 2.20. The van der Waals surface area contributed by atoms with Gasteiger partial charge >= 0.3 is 0 Å². The Morgan fingerprint density at radius 3 is 2.31 bits per heavy atom. The van der Waals surface area contributed by atoms with Gasteiger partial charge in [0.1, 0.15) is 0 Å². The van der Waals surface area contributed by atoms with Gasteiger partial charge in [-0.3, -0.25) is 0 Å². The van der Waals surface area contributed by atoms with Crippen LogP contribution in [-0.2, 0) is 4.74 Å². The molecule has 1 aliphatic carbocycles. The molecule has 0 aromatic rings. The molecule has 1 fully saturated rings. The van der Waals surface area contributed by atoms with E-state index < -0.39 is 0 Å². The topological polar surface area (TPSA) is 21.3 Å². The van der Waals surface area contributed by atoms with E-state index in [1.807, 2.05) is 0 Å². The zero-order valence-electron chi connectivity index (χ0n) is 11.3. The Morgan fingerprint density at radius 2 is 1.75 bits per heavy atom. The van der Waals surface area contributed by atoms with Crippen LogP contribution in [0.25, 0.3) is 0 Å². The normalized spacial score (nSPS) is 19.7. The van der Waals surface area contributed by atoms with E-state index in [0.717, 1.165) is 25.6 Å². The van der Waals surface area contributed by atoms with E-state index >= 15 is 0 Å². The zero-order chi connectivity index (χ0) is 11.9. The summed E-state index contributed by atoms with van der Waals surface area (Å²) in [7, 11) is 1.79. The number of ether oxygens (including phenoxy) is 1. The van der Waals surface area contributed by atoms with Gasteiger partial charge < -0.3 is 10.1 Å². The Morgan fingerprint density at radius 1 is 1.12 bits per heavy atom. The molecule has 0 aromatic heterocycles. The van der Waals surface area contributed by atoms with Crippen molar-refractivity contribution in [3.63, 3.8) is 0 Å². The first-order valence-electron chi connectivity index (χ1n) is 6.86. The van der Waals surface area contributed by atoms with Crippen LogP contribution in [0.5, 0.6) is 0 Å². The van der Waals surface area contributed by atoms with Crippen LogP contribution >= 0.6 is 0 Å². The Labute approximate surface area is 101 Å². The Bertz CT molecular complexity index is 172. The molecule has 1 saturated carbocycles. The Hall–Kier alpha value is -0.0800. The van der Waals surface area contributed by atoms with Gasteiger partial charge in [-0.1, -0.05) is 39.5 Å². The minimum absolute atomic E-state index is 0.363. The second-order valence-electron chi connectivity index (χ2n) is 5.98. The molecular weight excluding hydrogens is 198 g/mol. The molecular formula is C14H29NO. The fraction of sp³-hybridized carbons (Fsp3) is 1.00. The van der Waals surface area contributed by atoms with Crippen molar-refractivity contribution in [2.24, 2.45) is 5.41 Å². The molecule has 16 heavy (non-hydrogen) atoms. The molecule has 0 aliphatic heterocycles. The minimum atomic E-state index is 0.363. The molecule has 1 N–H and O–H groups in total. The van der Waals surface area contributed by atoms with E-state index in [9.17, 15) is 0 Å². The lowest BCUT2D eigenvalue weighted by Crippen LogP contribution is -2.37. The van der Waals surface area contributed by atoms with E-state index in [0.29, 0.717) is 5.41 Å². The average Bonchev–Trinajstić information content (AvgIpc) is 2.52. The third-order valence-corrected chi connectivity index (χ3v) is 3.71. The largest absolute Gasteiger partial charge is 0.385 e. The SMILES string of the molecule is COCCC(C)(C)CNC1CCCCCC1. The van der Waals surface area contributed by atoms with Crippen molar-refractivity contribution in [2.75, 3.05) is 20.3 Å². The first-order chi connectivity index (χ1) is 7.64. The highest BCUT2D eigenvalue weighted by Crippen LogP contribution is 2.22. The van der Waals surface area contributed by atoms with Crippen LogP contribution in [0, 0.1) is 5.41 Å². The van der Waals surface area contributed by atoms with E-state index in [-0.39, 0.29) is 0 Å². The zero-order valence-corrected chi connectivity index (χ0v) is 11.3. The molecule has 0 spiro atoms. The maximum Gasteiger partial charge on any atom is 0.0467 e. The molecule has 0 saturated heterocycles. The molecule has 0 unspecified atom stereocenters. The number of nitrogens with one attached hydrogen (secondary N) is 1. The van der Waals surface area contributed by atoms with Crippen molar-refractivity contribution in [3.8, 4) is 0 Å². The maximum atomic E-state index is 5.16. The predicted molar refractivity (Wildman–Crippen MR) is 69.8 cm³/mol. The van der Waals surface area contributed by atoms with E-state index in [1.165, 1.54) is 38.5 Å². The molecule has 0 radical (unpaired) electrons. The summed E-state index contributed by atoms with van der Waals surface area (Å²) in [6.45, 7) is 6.66. The standard InChI is InChI=1S/C14H29NO/c1-14(2,10-11-16-3)12-15-13-8-6-4-5-7-9-13/h13,15H,4-12H2,1-3H3. The highest BCUT2D eigenvalue weighted by molar-refractivity contribution is 4.77. The maximum absolute atomic E-state index is 5.16. The van der Waals surface area contributed by atoms with Gasteiger partial charge in [-0.15, -0.1) is 0 Å². The van der Waals surface area contributed by atoms with Gasteiger partial charge in [0.2, 0.25) is 0 Å². The lowest BCUT2D eigenvalue weighted by atomic mass is 9.89. The smallest absolute Gasteiger partial charge is 0.0467 e. The molecule has 2 nitrogen and oxygen atoms in total. The van der Waals surface area contributed by atoms with Gasteiger partial charge in [-0.2, -0.15) is 0 Å². The molecule has 1 aliphatic rings. The van der Waals surface area contributed by atoms with Crippen molar-refractivity contribution in [3.05, 3.63) is 0 Å². The molecule has 0 bridgehead atoms. The third-order valence-electron chi connectivity index (χ3n) is 3.71. The van der Waals surface area contributed by atoms with E-state index in [4.69, 9.17) is 4.74 Å². The fourth-order valence-corrected chi connectivity index (χ4v) is 2.37. The summed E-state index contributed by atoms with van der Waals surface area (Å²) in [5, 5.41) is 3.76. The number of hydrogen-bond acceptors (Lipinski definition) is 2. The van der Waals surface area contributed by atoms with Crippen molar-refractivity contribution >= 4 is 0 Å². The molecule has 0 aromatic carbocycles. The number of hydrogen-bond donors (Lipinski definition) is 1. The lowest BCUT2D eigenvalue weighted by molar-refractivity contribution is 0.148. The summed E-state index contributed by atoms with van der Waals surface area (Å²) in [5.74, 6) is 0. The molecule has 0 amide bonds. The predicted octanol–water partition coefficient (Wildman–Crippen LogP) is 3.36. The van der Waals surface area contributed by atoms with E-state index in [2.05, 4.69) is 19.2 Å². The van der Waals surface area contributed by atoms with Crippen LogP contribution in [-0.4, -0.2) is 26.3 Å². The van der Waals surface area contributed by atoms with Crippen molar-refractivity contribution < 1.29 is 4.74 Å². The molecule has 2 heteroatoms. The van der Waals surface area contributed by atoms with Crippen molar-refractivity contribution in [1.29, 1.82) is 0 Å². The quantitative estimate of drug-likeness (QED) is 0.703. The average molecular weight is 227 g/mol. The minimum Gasteiger partial charge on any atom is -0.385 e. The summed E-state index contributed by atoms with van der Waals surface area (Å²) < 4.78 is 5.16. The van der Waals surface area contributed by atoms with Crippen LogP contribution in [0.1, 0.15) is 58.8 Å². The summed E-state index contributed by atoms with van der Waals surface area (Å²) in [5.41, 5.74) is 0.363. The van der Waals surface area contributed by atoms with Gasteiger partial charge in [0.15, 0.2) is 0 Å². The van der Waals surface area contributed by atoms with Crippen molar-refractivity contribution in [2.45, 2.75) is 64.8 Å². The van der Waals surface area contributed by atoms with Gasteiger partial charge in [0, 0.05) is 26.3 Å². The Balaban J connectivity index is 2.20. The second-order valence-corrected chi connectivity index (χ2v) is 5.98.